The van der Waals surface area contributed by atoms with Crippen LogP contribution in [0, 0.1) is 5.41 Å². The molecule has 0 radical (unpaired) electrons. The number of nitrogens with one attached hydrogen (secondary N) is 3. The van der Waals surface area contributed by atoms with Crippen molar-refractivity contribution in [3.05, 3.63) is 36.0 Å². The molecule has 4 nitrogen and oxygen atoms in total. The molecular formula is C16H23N3O. The summed E-state index contributed by atoms with van der Waals surface area (Å²) in [7, 11) is 0. The zero-order valence-electron chi connectivity index (χ0n) is 12.4. The van der Waals surface area contributed by atoms with E-state index >= 15 is 0 Å². The first-order chi connectivity index (χ1) is 9.46. The minimum Gasteiger partial charge on any atom is -0.361 e. The van der Waals surface area contributed by atoms with Crippen molar-refractivity contribution in [2.45, 2.75) is 27.2 Å². The molecule has 0 saturated carbocycles. The van der Waals surface area contributed by atoms with E-state index in [2.05, 4.69) is 48.5 Å². The summed E-state index contributed by atoms with van der Waals surface area (Å²) in [6.45, 7) is 7.60. The van der Waals surface area contributed by atoms with Gasteiger partial charge in [-0.25, -0.2) is 4.79 Å². The highest BCUT2D eigenvalue weighted by Crippen LogP contribution is 2.17. The summed E-state index contributed by atoms with van der Waals surface area (Å²) in [6, 6.07) is 8.10. The van der Waals surface area contributed by atoms with E-state index in [-0.39, 0.29) is 11.4 Å². The van der Waals surface area contributed by atoms with Crippen LogP contribution in [0.4, 0.5) is 4.79 Å². The maximum atomic E-state index is 11.7. The average Bonchev–Trinajstić information content (AvgIpc) is 2.79. The summed E-state index contributed by atoms with van der Waals surface area (Å²) in [6.07, 6.45) is 2.84. The van der Waals surface area contributed by atoms with E-state index in [0.29, 0.717) is 13.1 Å². The number of hydrogen-bond acceptors (Lipinski definition) is 1. The number of hydrogen-bond donors (Lipinski definition) is 3. The van der Waals surface area contributed by atoms with Gasteiger partial charge in [-0.05, 0) is 23.5 Å². The molecule has 0 bridgehead atoms. The molecule has 2 amide bonds. The fourth-order valence-electron chi connectivity index (χ4n) is 2.06. The standard InChI is InChI=1S/C16H23N3O/c1-16(2,3)11-19-15(20)17-9-8-12-10-18-14-7-5-4-6-13(12)14/h4-7,10,18H,8-9,11H2,1-3H3,(H2,17,19,20). The van der Waals surface area contributed by atoms with Gasteiger partial charge in [-0.2, -0.15) is 0 Å². The van der Waals surface area contributed by atoms with Crippen molar-refractivity contribution in [2.75, 3.05) is 13.1 Å². The van der Waals surface area contributed by atoms with Gasteiger partial charge < -0.3 is 15.6 Å². The third-order valence-corrected chi connectivity index (χ3v) is 3.13. The highest BCUT2D eigenvalue weighted by Gasteiger charge is 2.11. The van der Waals surface area contributed by atoms with Gasteiger partial charge in [0.05, 0.1) is 0 Å². The summed E-state index contributed by atoms with van der Waals surface area (Å²) >= 11 is 0. The first-order valence-corrected chi connectivity index (χ1v) is 7.02. The molecule has 0 aliphatic rings. The fourth-order valence-corrected chi connectivity index (χ4v) is 2.06. The van der Waals surface area contributed by atoms with Crippen LogP contribution in [0.3, 0.4) is 0 Å². The molecule has 0 saturated heterocycles. The van der Waals surface area contributed by atoms with Crippen LogP contribution in [0.25, 0.3) is 10.9 Å². The van der Waals surface area contributed by atoms with Crippen LogP contribution in [-0.2, 0) is 6.42 Å². The fraction of sp³-hybridized carbons (Fsp3) is 0.438. The SMILES string of the molecule is CC(C)(C)CNC(=O)NCCc1c[nH]c2ccccc12. The molecule has 0 unspecified atom stereocenters. The molecule has 0 fully saturated rings. The van der Waals surface area contributed by atoms with Gasteiger partial charge in [-0.15, -0.1) is 0 Å². The van der Waals surface area contributed by atoms with Crippen molar-refractivity contribution >= 4 is 16.9 Å². The monoisotopic (exact) mass is 273 g/mol. The number of aromatic nitrogens is 1. The Morgan fingerprint density at radius 2 is 1.95 bits per heavy atom. The zero-order valence-corrected chi connectivity index (χ0v) is 12.4. The zero-order chi connectivity index (χ0) is 14.6. The molecule has 0 aliphatic heterocycles. The number of benzene rings is 1. The Kier molecular flexibility index (Phi) is 4.32. The molecule has 0 spiro atoms. The molecule has 0 atom stereocenters. The van der Waals surface area contributed by atoms with Gasteiger partial charge in [0, 0.05) is 30.2 Å². The lowest BCUT2D eigenvalue weighted by Crippen LogP contribution is -2.40. The molecule has 4 heteroatoms. The van der Waals surface area contributed by atoms with Crippen molar-refractivity contribution in [1.29, 1.82) is 0 Å². The predicted octanol–water partition coefficient (Wildman–Crippen LogP) is 3.06. The van der Waals surface area contributed by atoms with Crippen molar-refractivity contribution < 1.29 is 4.79 Å². The van der Waals surface area contributed by atoms with Crippen LogP contribution in [-0.4, -0.2) is 24.1 Å². The van der Waals surface area contributed by atoms with E-state index in [1.165, 1.54) is 10.9 Å². The second-order valence-corrected chi connectivity index (χ2v) is 6.28. The van der Waals surface area contributed by atoms with Crippen LogP contribution < -0.4 is 10.6 Å². The Balaban J connectivity index is 1.80. The molecule has 2 rings (SSSR count). The van der Waals surface area contributed by atoms with Crippen LogP contribution in [0.15, 0.2) is 30.5 Å². The molecule has 1 heterocycles. The van der Waals surface area contributed by atoms with Crippen molar-refractivity contribution in [3.63, 3.8) is 0 Å². The molecule has 3 N–H and O–H groups in total. The van der Waals surface area contributed by atoms with Gasteiger partial charge in [0.1, 0.15) is 0 Å². The first-order valence-electron chi connectivity index (χ1n) is 7.02. The minimum atomic E-state index is -0.0974. The lowest BCUT2D eigenvalue weighted by Gasteiger charge is -2.18. The average molecular weight is 273 g/mol. The van der Waals surface area contributed by atoms with Crippen LogP contribution in [0.5, 0.6) is 0 Å². The Morgan fingerprint density at radius 3 is 2.70 bits per heavy atom. The number of amides is 2. The van der Waals surface area contributed by atoms with Gasteiger partial charge >= 0.3 is 6.03 Å². The summed E-state index contributed by atoms with van der Waals surface area (Å²) in [4.78, 5) is 14.9. The van der Waals surface area contributed by atoms with Gasteiger partial charge in [-0.1, -0.05) is 39.0 Å². The largest absolute Gasteiger partial charge is 0.361 e. The highest BCUT2D eigenvalue weighted by atomic mass is 16.2. The summed E-state index contributed by atoms with van der Waals surface area (Å²) in [5.74, 6) is 0. The molecule has 108 valence electrons. The van der Waals surface area contributed by atoms with E-state index in [1.54, 1.807) is 0 Å². The van der Waals surface area contributed by atoms with Crippen molar-refractivity contribution in [2.24, 2.45) is 5.41 Å². The Morgan fingerprint density at radius 1 is 1.20 bits per heavy atom. The molecular weight excluding hydrogens is 250 g/mol. The maximum Gasteiger partial charge on any atom is 0.314 e. The normalized spacial score (nSPS) is 11.6. The van der Waals surface area contributed by atoms with Gasteiger partial charge in [0.15, 0.2) is 0 Å². The summed E-state index contributed by atoms with van der Waals surface area (Å²) in [5, 5.41) is 7.00. The van der Waals surface area contributed by atoms with Gasteiger partial charge in [-0.3, -0.25) is 0 Å². The summed E-state index contributed by atoms with van der Waals surface area (Å²) in [5.41, 5.74) is 2.48. The topological polar surface area (TPSA) is 56.9 Å². The third-order valence-electron chi connectivity index (χ3n) is 3.13. The number of fused-ring (bicyclic) bond motifs is 1. The van der Waals surface area contributed by atoms with Crippen molar-refractivity contribution in [1.82, 2.24) is 15.6 Å². The first kappa shape index (κ1) is 14.4. The summed E-state index contributed by atoms with van der Waals surface area (Å²) < 4.78 is 0. The maximum absolute atomic E-state index is 11.7. The smallest absolute Gasteiger partial charge is 0.314 e. The molecule has 1 aromatic carbocycles. The van der Waals surface area contributed by atoms with E-state index < -0.39 is 0 Å². The number of carbonyl (C=O) groups is 1. The Hall–Kier alpha value is -1.97. The molecule has 20 heavy (non-hydrogen) atoms. The predicted molar refractivity (Wildman–Crippen MR) is 82.9 cm³/mol. The number of carbonyl (C=O) groups excluding carboxylic acids is 1. The van der Waals surface area contributed by atoms with Gasteiger partial charge in [0.2, 0.25) is 0 Å². The Bertz CT molecular complexity index is 581. The number of para-hydroxylation sites is 1. The van der Waals surface area contributed by atoms with Crippen molar-refractivity contribution in [3.8, 4) is 0 Å². The lowest BCUT2D eigenvalue weighted by molar-refractivity contribution is 0.235. The molecule has 1 aromatic heterocycles. The lowest BCUT2D eigenvalue weighted by atomic mass is 9.97. The van der Waals surface area contributed by atoms with Gasteiger partial charge in [0.25, 0.3) is 0 Å². The Labute approximate surface area is 120 Å². The number of aromatic amines is 1. The van der Waals surface area contributed by atoms with E-state index in [0.717, 1.165) is 11.9 Å². The minimum absolute atomic E-state index is 0.0974. The van der Waals surface area contributed by atoms with E-state index in [9.17, 15) is 4.79 Å². The molecule has 2 aromatic rings. The quantitative estimate of drug-likeness (QED) is 0.788. The number of urea groups is 1. The highest BCUT2D eigenvalue weighted by molar-refractivity contribution is 5.83. The number of H-pyrrole nitrogens is 1. The van der Waals surface area contributed by atoms with Crippen LogP contribution in [0.1, 0.15) is 26.3 Å². The second kappa shape index (κ2) is 5.99. The third kappa shape index (κ3) is 4.02. The van der Waals surface area contributed by atoms with Crippen LogP contribution in [0.2, 0.25) is 0 Å². The molecule has 0 aliphatic carbocycles. The number of rotatable bonds is 4. The van der Waals surface area contributed by atoms with E-state index in [4.69, 9.17) is 0 Å². The second-order valence-electron chi connectivity index (χ2n) is 6.28. The van der Waals surface area contributed by atoms with Crippen LogP contribution >= 0.6 is 0 Å². The van der Waals surface area contributed by atoms with E-state index in [1.807, 2.05) is 18.3 Å².